The Balaban J connectivity index is 1.51. The number of hydrogen-bond donors (Lipinski definition) is 1. The SMILES string of the molecule is CCn1c(SC[C@@H](O)COCc2cccs2)nnc1-c1cccs1. The highest BCUT2D eigenvalue weighted by Crippen LogP contribution is 2.27. The van der Waals surface area contributed by atoms with E-state index >= 15 is 0 Å². The summed E-state index contributed by atoms with van der Waals surface area (Å²) in [6, 6.07) is 8.08. The van der Waals surface area contributed by atoms with Gasteiger partial charge in [0.15, 0.2) is 11.0 Å². The van der Waals surface area contributed by atoms with Gasteiger partial charge in [0, 0.05) is 17.2 Å². The smallest absolute Gasteiger partial charge is 0.191 e. The zero-order valence-corrected chi connectivity index (χ0v) is 15.7. The highest BCUT2D eigenvalue weighted by Gasteiger charge is 2.15. The van der Waals surface area contributed by atoms with E-state index in [-0.39, 0.29) is 0 Å². The number of ether oxygens (including phenoxy) is 1. The lowest BCUT2D eigenvalue weighted by molar-refractivity contribution is 0.0408. The van der Waals surface area contributed by atoms with Gasteiger partial charge in [0.1, 0.15) is 0 Å². The van der Waals surface area contributed by atoms with Crippen molar-refractivity contribution < 1.29 is 9.84 Å². The third-order valence-electron chi connectivity index (χ3n) is 3.31. The molecule has 0 unspecified atom stereocenters. The molecule has 128 valence electrons. The summed E-state index contributed by atoms with van der Waals surface area (Å²) in [4.78, 5) is 2.28. The molecule has 0 saturated carbocycles. The molecular weight excluding hydrogens is 362 g/mol. The van der Waals surface area contributed by atoms with Gasteiger partial charge >= 0.3 is 0 Å². The molecule has 0 aliphatic heterocycles. The van der Waals surface area contributed by atoms with Crippen LogP contribution >= 0.6 is 34.4 Å². The molecule has 3 heterocycles. The minimum atomic E-state index is -0.526. The van der Waals surface area contributed by atoms with Crippen molar-refractivity contribution in [3.8, 4) is 10.7 Å². The van der Waals surface area contributed by atoms with Gasteiger partial charge in [-0.05, 0) is 29.8 Å². The number of rotatable bonds is 9. The highest BCUT2D eigenvalue weighted by atomic mass is 32.2. The van der Waals surface area contributed by atoms with Crippen molar-refractivity contribution in [1.29, 1.82) is 0 Å². The maximum Gasteiger partial charge on any atom is 0.191 e. The minimum Gasteiger partial charge on any atom is -0.390 e. The van der Waals surface area contributed by atoms with Crippen LogP contribution in [0.3, 0.4) is 0 Å². The van der Waals surface area contributed by atoms with E-state index < -0.39 is 6.10 Å². The molecule has 0 saturated heterocycles. The number of hydrogen-bond acceptors (Lipinski definition) is 7. The van der Waals surface area contributed by atoms with E-state index in [1.165, 1.54) is 16.6 Å². The van der Waals surface area contributed by atoms with Gasteiger partial charge in [-0.2, -0.15) is 0 Å². The van der Waals surface area contributed by atoms with E-state index in [0.29, 0.717) is 19.0 Å². The fraction of sp³-hybridized carbons (Fsp3) is 0.375. The zero-order chi connectivity index (χ0) is 16.8. The molecule has 8 heteroatoms. The molecule has 0 radical (unpaired) electrons. The van der Waals surface area contributed by atoms with Crippen LogP contribution in [-0.4, -0.2) is 38.3 Å². The molecule has 0 aliphatic rings. The Labute approximate surface area is 153 Å². The molecule has 3 aromatic rings. The Bertz CT molecular complexity index is 726. The first kappa shape index (κ1) is 17.6. The summed E-state index contributed by atoms with van der Waals surface area (Å²) in [7, 11) is 0. The van der Waals surface area contributed by atoms with Crippen LogP contribution < -0.4 is 0 Å². The van der Waals surface area contributed by atoms with Gasteiger partial charge in [0.05, 0.1) is 24.2 Å². The molecule has 24 heavy (non-hydrogen) atoms. The highest BCUT2D eigenvalue weighted by molar-refractivity contribution is 7.99. The van der Waals surface area contributed by atoms with Crippen molar-refractivity contribution in [1.82, 2.24) is 14.8 Å². The predicted octanol–water partition coefficient (Wildman–Crippen LogP) is 3.76. The Kier molecular flexibility index (Phi) is 6.44. The van der Waals surface area contributed by atoms with Crippen LogP contribution in [0, 0.1) is 0 Å². The number of aromatic nitrogens is 3. The first-order chi connectivity index (χ1) is 11.8. The van der Waals surface area contributed by atoms with E-state index in [1.807, 2.05) is 35.0 Å². The van der Waals surface area contributed by atoms with Crippen molar-refractivity contribution >= 4 is 34.4 Å². The molecule has 0 fully saturated rings. The maximum absolute atomic E-state index is 10.1. The van der Waals surface area contributed by atoms with Gasteiger partial charge in [-0.1, -0.05) is 23.9 Å². The topological polar surface area (TPSA) is 60.2 Å². The number of aliphatic hydroxyl groups is 1. The van der Waals surface area contributed by atoms with E-state index in [2.05, 4.69) is 21.7 Å². The fourth-order valence-corrected chi connectivity index (χ4v) is 4.44. The molecule has 0 amide bonds. The molecule has 3 aromatic heterocycles. The van der Waals surface area contributed by atoms with Gasteiger partial charge < -0.3 is 14.4 Å². The molecular formula is C16H19N3O2S3. The summed E-state index contributed by atoms with van der Waals surface area (Å²) in [6.45, 7) is 3.74. The van der Waals surface area contributed by atoms with Crippen LogP contribution in [0.15, 0.2) is 40.2 Å². The summed E-state index contributed by atoms with van der Waals surface area (Å²) < 4.78 is 7.63. The molecule has 0 spiro atoms. The fourth-order valence-electron chi connectivity index (χ4n) is 2.18. The van der Waals surface area contributed by atoms with Crippen LogP contribution in [0.25, 0.3) is 10.7 Å². The first-order valence-electron chi connectivity index (χ1n) is 7.66. The number of thioether (sulfide) groups is 1. The van der Waals surface area contributed by atoms with Crippen LogP contribution in [0.1, 0.15) is 11.8 Å². The predicted molar refractivity (Wildman–Crippen MR) is 99.7 cm³/mol. The van der Waals surface area contributed by atoms with Gasteiger partial charge in [-0.3, -0.25) is 0 Å². The summed E-state index contributed by atoms with van der Waals surface area (Å²) >= 11 is 4.82. The second kappa shape index (κ2) is 8.77. The normalized spacial score (nSPS) is 12.6. The lowest BCUT2D eigenvalue weighted by Crippen LogP contribution is -2.18. The number of aliphatic hydroxyl groups excluding tert-OH is 1. The van der Waals surface area contributed by atoms with Crippen molar-refractivity contribution in [2.24, 2.45) is 0 Å². The van der Waals surface area contributed by atoms with Crippen LogP contribution in [-0.2, 0) is 17.9 Å². The minimum absolute atomic E-state index is 0.322. The lowest BCUT2D eigenvalue weighted by Gasteiger charge is -2.11. The summed E-state index contributed by atoms with van der Waals surface area (Å²) in [5, 5.41) is 23.5. The van der Waals surface area contributed by atoms with Crippen molar-refractivity contribution in [2.75, 3.05) is 12.4 Å². The standard InChI is InChI=1S/C16H19N3O2S3/c1-2-19-15(14-6-4-8-23-14)17-18-16(19)24-11-12(20)9-21-10-13-5-3-7-22-13/h3-8,12,20H,2,9-11H2,1H3/t12-/m0/s1. The average Bonchev–Trinajstić information content (AvgIpc) is 3.32. The van der Waals surface area contributed by atoms with Crippen LogP contribution in [0.2, 0.25) is 0 Å². The van der Waals surface area contributed by atoms with Gasteiger partial charge in [-0.15, -0.1) is 32.9 Å². The Morgan fingerprint density at radius 3 is 2.79 bits per heavy atom. The summed E-state index contributed by atoms with van der Waals surface area (Å²) in [5.74, 6) is 1.42. The Morgan fingerprint density at radius 1 is 1.25 bits per heavy atom. The zero-order valence-electron chi connectivity index (χ0n) is 13.3. The Hall–Kier alpha value is -1.19. The van der Waals surface area contributed by atoms with Crippen molar-refractivity contribution in [3.05, 3.63) is 39.9 Å². The molecule has 0 aliphatic carbocycles. The van der Waals surface area contributed by atoms with Crippen LogP contribution in [0.5, 0.6) is 0 Å². The number of thiophene rings is 2. The molecule has 5 nitrogen and oxygen atoms in total. The third kappa shape index (κ3) is 4.46. The van der Waals surface area contributed by atoms with Crippen molar-refractivity contribution in [2.45, 2.75) is 31.3 Å². The lowest BCUT2D eigenvalue weighted by atomic mass is 10.4. The van der Waals surface area contributed by atoms with Gasteiger partial charge in [0.25, 0.3) is 0 Å². The average molecular weight is 382 g/mol. The van der Waals surface area contributed by atoms with Gasteiger partial charge in [-0.25, -0.2) is 0 Å². The Morgan fingerprint density at radius 2 is 2.08 bits per heavy atom. The second-order valence-electron chi connectivity index (χ2n) is 5.09. The number of nitrogens with zero attached hydrogens (tertiary/aromatic N) is 3. The first-order valence-corrected chi connectivity index (χ1v) is 10.4. The maximum atomic E-state index is 10.1. The summed E-state index contributed by atoms with van der Waals surface area (Å²) in [6.07, 6.45) is -0.526. The summed E-state index contributed by atoms with van der Waals surface area (Å²) in [5.41, 5.74) is 0. The quantitative estimate of drug-likeness (QED) is 0.572. The second-order valence-corrected chi connectivity index (χ2v) is 8.05. The molecule has 3 rings (SSSR count). The van der Waals surface area contributed by atoms with E-state index in [1.54, 1.807) is 22.7 Å². The van der Waals surface area contributed by atoms with E-state index in [4.69, 9.17) is 4.74 Å². The third-order valence-corrected chi connectivity index (χ3v) is 6.14. The molecule has 1 N–H and O–H groups in total. The van der Waals surface area contributed by atoms with E-state index in [9.17, 15) is 5.11 Å². The molecule has 1 atom stereocenters. The monoisotopic (exact) mass is 381 g/mol. The van der Waals surface area contributed by atoms with E-state index in [0.717, 1.165) is 22.4 Å². The van der Waals surface area contributed by atoms with Crippen LogP contribution in [0.4, 0.5) is 0 Å². The molecule has 0 bridgehead atoms. The molecule has 0 aromatic carbocycles. The largest absolute Gasteiger partial charge is 0.390 e. The van der Waals surface area contributed by atoms with Crippen molar-refractivity contribution in [3.63, 3.8) is 0 Å². The van der Waals surface area contributed by atoms with Gasteiger partial charge in [0.2, 0.25) is 0 Å².